The third kappa shape index (κ3) is 4.51. The summed E-state index contributed by atoms with van der Waals surface area (Å²) in [6, 6.07) is 11.2. The normalized spacial score (nSPS) is 11.2. The van der Waals surface area contributed by atoms with E-state index in [4.69, 9.17) is 4.42 Å². The lowest BCUT2D eigenvalue weighted by atomic mass is 10.3. The number of carbonyl (C=O) groups is 2. The lowest BCUT2D eigenvalue weighted by Gasteiger charge is -2.18. The first kappa shape index (κ1) is 20.4. The van der Waals surface area contributed by atoms with Crippen molar-refractivity contribution < 1.29 is 18.4 Å². The molecule has 2 heterocycles. The van der Waals surface area contributed by atoms with Crippen LogP contribution in [0.3, 0.4) is 0 Å². The van der Waals surface area contributed by atoms with Crippen LogP contribution in [0, 0.1) is 12.7 Å². The highest BCUT2D eigenvalue weighted by Gasteiger charge is 2.20. The van der Waals surface area contributed by atoms with Crippen molar-refractivity contribution in [3.05, 3.63) is 71.3 Å². The zero-order valence-corrected chi connectivity index (χ0v) is 17.4. The van der Waals surface area contributed by atoms with Gasteiger partial charge in [0.25, 0.3) is 0 Å². The Bertz CT molecular complexity index is 1310. The number of rotatable bonds is 5. The Hall–Kier alpha value is -3.85. The van der Waals surface area contributed by atoms with Crippen LogP contribution in [-0.4, -0.2) is 21.8 Å². The van der Waals surface area contributed by atoms with Gasteiger partial charge in [0.2, 0.25) is 11.8 Å². The largest absolute Gasteiger partial charge is 0.441 e. The molecule has 4 aromatic rings. The summed E-state index contributed by atoms with van der Waals surface area (Å²) in [5, 5.41) is 4.74. The van der Waals surface area contributed by atoms with Crippen LogP contribution in [0.4, 0.5) is 20.9 Å². The molecule has 2 aromatic heterocycles. The van der Waals surface area contributed by atoms with Crippen molar-refractivity contribution in [2.75, 3.05) is 10.2 Å². The number of aryl methyl sites for hydroxylation is 1. The fraction of sp³-hybridized carbons (Fsp3) is 0.0909. The summed E-state index contributed by atoms with van der Waals surface area (Å²) < 4.78 is 19.6. The molecular weight excluding hydrogens is 419 g/mol. The molecule has 2 amide bonds. The molecule has 0 aliphatic rings. The molecule has 156 valence electrons. The fourth-order valence-corrected chi connectivity index (χ4v) is 3.81. The molecule has 0 radical (unpaired) electrons. The van der Waals surface area contributed by atoms with Crippen LogP contribution >= 0.6 is 11.3 Å². The second kappa shape index (κ2) is 8.49. The number of thiazole rings is 1. The van der Waals surface area contributed by atoms with Gasteiger partial charge in [-0.15, -0.1) is 11.3 Å². The van der Waals surface area contributed by atoms with Gasteiger partial charge >= 0.3 is 0 Å². The molecule has 0 spiro atoms. The molecule has 0 aliphatic heterocycles. The van der Waals surface area contributed by atoms with Gasteiger partial charge in [0.05, 0.1) is 11.4 Å². The Morgan fingerprint density at radius 1 is 1.19 bits per heavy atom. The van der Waals surface area contributed by atoms with E-state index in [-0.39, 0.29) is 17.5 Å². The number of aromatic nitrogens is 2. The second-order valence-electron chi connectivity index (χ2n) is 6.60. The van der Waals surface area contributed by atoms with Gasteiger partial charge in [-0.25, -0.2) is 14.4 Å². The molecule has 4 rings (SSSR count). The van der Waals surface area contributed by atoms with Crippen molar-refractivity contribution in [1.82, 2.24) is 9.97 Å². The summed E-state index contributed by atoms with van der Waals surface area (Å²) in [5.41, 5.74) is 2.47. The number of oxazole rings is 1. The summed E-state index contributed by atoms with van der Waals surface area (Å²) >= 11 is 1.17. The number of amides is 2. The van der Waals surface area contributed by atoms with E-state index in [1.54, 1.807) is 42.6 Å². The third-order valence-electron chi connectivity index (χ3n) is 4.28. The lowest BCUT2D eigenvalue weighted by Crippen LogP contribution is -2.23. The zero-order valence-electron chi connectivity index (χ0n) is 16.6. The van der Waals surface area contributed by atoms with Crippen LogP contribution in [0.25, 0.3) is 17.2 Å². The number of para-hydroxylation sites is 1. The van der Waals surface area contributed by atoms with Crippen LogP contribution in [0.15, 0.2) is 58.3 Å². The van der Waals surface area contributed by atoms with E-state index in [1.165, 1.54) is 47.4 Å². The average molecular weight is 436 g/mol. The highest BCUT2D eigenvalue weighted by Crippen LogP contribution is 2.31. The van der Waals surface area contributed by atoms with Crippen molar-refractivity contribution >= 4 is 56.8 Å². The molecule has 9 heteroatoms. The van der Waals surface area contributed by atoms with Gasteiger partial charge in [0.1, 0.15) is 11.3 Å². The molecule has 31 heavy (non-hydrogen) atoms. The van der Waals surface area contributed by atoms with Gasteiger partial charge < -0.3 is 9.73 Å². The van der Waals surface area contributed by atoms with E-state index in [0.29, 0.717) is 33.5 Å². The van der Waals surface area contributed by atoms with Crippen LogP contribution in [0.1, 0.15) is 18.5 Å². The zero-order chi connectivity index (χ0) is 22.0. The maximum atomic E-state index is 14.2. The summed E-state index contributed by atoms with van der Waals surface area (Å²) in [5.74, 6) is -0.700. The number of fused-ring (bicyclic) bond motifs is 1. The van der Waals surface area contributed by atoms with Crippen LogP contribution in [-0.2, 0) is 9.59 Å². The Kier molecular flexibility index (Phi) is 5.59. The van der Waals surface area contributed by atoms with Crippen molar-refractivity contribution in [2.45, 2.75) is 13.8 Å². The maximum Gasteiger partial charge on any atom is 0.248 e. The van der Waals surface area contributed by atoms with E-state index in [1.807, 2.05) is 0 Å². The molecular formula is C22H17FN4O3S. The number of hydrogen-bond acceptors (Lipinski definition) is 6. The Labute approximate surface area is 180 Å². The molecule has 0 saturated heterocycles. The van der Waals surface area contributed by atoms with Crippen LogP contribution in [0.5, 0.6) is 0 Å². The number of nitrogens with one attached hydrogen (secondary N) is 1. The molecule has 0 bridgehead atoms. The van der Waals surface area contributed by atoms with Crippen molar-refractivity contribution in [1.29, 1.82) is 0 Å². The van der Waals surface area contributed by atoms with Gasteiger partial charge in [-0.05, 0) is 36.4 Å². The van der Waals surface area contributed by atoms with E-state index in [0.717, 1.165) is 0 Å². The number of carbonyl (C=O) groups excluding carboxylic acids is 2. The Balaban J connectivity index is 1.48. The molecule has 0 fully saturated rings. The van der Waals surface area contributed by atoms with Crippen LogP contribution < -0.4 is 10.2 Å². The minimum absolute atomic E-state index is 0.121. The number of halogens is 1. The van der Waals surface area contributed by atoms with Gasteiger partial charge in [0.15, 0.2) is 16.6 Å². The monoisotopic (exact) mass is 436 g/mol. The number of anilines is 3. The van der Waals surface area contributed by atoms with E-state index < -0.39 is 5.82 Å². The highest BCUT2D eigenvalue weighted by atomic mass is 32.1. The predicted octanol–water partition coefficient (Wildman–Crippen LogP) is 5.07. The second-order valence-corrected chi connectivity index (χ2v) is 7.44. The predicted molar refractivity (Wildman–Crippen MR) is 118 cm³/mol. The molecule has 1 N–H and O–H groups in total. The summed E-state index contributed by atoms with van der Waals surface area (Å²) in [6.07, 6.45) is 2.85. The first-order valence-electron chi connectivity index (χ1n) is 9.28. The minimum atomic E-state index is -0.524. The summed E-state index contributed by atoms with van der Waals surface area (Å²) in [7, 11) is 0. The van der Waals surface area contributed by atoms with Gasteiger partial charge in [-0.1, -0.05) is 12.1 Å². The first-order valence-corrected chi connectivity index (χ1v) is 10.2. The topological polar surface area (TPSA) is 88.3 Å². The number of benzene rings is 2. The van der Waals surface area contributed by atoms with Gasteiger partial charge in [0, 0.05) is 31.0 Å². The maximum absolute atomic E-state index is 14.2. The number of hydrogen-bond donors (Lipinski definition) is 1. The van der Waals surface area contributed by atoms with Crippen LogP contribution in [0.2, 0.25) is 0 Å². The smallest absolute Gasteiger partial charge is 0.248 e. The standard InChI is InChI=1S/C22H17FN4O3S/c1-13-24-18-11-15(7-9-20(18)30-13)25-21(29)10-8-16-12-31-22(26-16)27(14(2)28)19-6-4-3-5-17(19)23/h3-12H,1-2H3,(H,25,29)/b10-8+. The molecule has 0 aliphatic carbocycles. The third-order valence-corrected chi connectivity index (χ3v) is 5.12. The SMILES string of the molecule is CC(=O)N(c1nc(/C=C/C(=O)Nc2ccc3oc(C)nc3c2)cs1)c1ccccc1F. The average Bonchev–Trinajstić information content (AvgIpc) is 3.33. The molecule has 7 nitrogen and oxygen atoms in total. The van der Waals surface area contributed by atoms with Crippen molar-refractivity contribution in [3.8, 4) is 0 Å². The van der Waals surface area contributed by atoms with E-state index in [9.17, 15) is 14.0 Å². The molecule has 0 unspecified atom stereocenters. The molecule has 0 atom stereocenters. The minimum Gasteiger partial charge on any atom is -0.441 e. The number of nitrogens with zero attached hydrogens (tertiary/aromatic N) is 3. The quantitative estimate of drug-likeness (QED) is 0.442. The Morgan fingerprint density at radius 3 is 2.77 bits per heavy atom. The van der Waals surface area contributed by atoms with Gasteiger partial charge in [-0.3, -0.25) is 14.5 Å². The molecule has 0 saturated carbocycles. The van der Waals surface area contributed by atoms with E-state index >= 15 is 0 Å². The Morgan fingerprint density at radius 2 is 2.00 bits per heavy atom. The summed E-state index contributed by atoms with van der Waals surface area (Å²) in [6.45, 7) is 3.09. The highest BCUT2D eigenvalue weighted by molar-refractivity contribution is 7.14. The first-order chi connectivity index (χ1) is 14.9. The van der Waals surface area contributed by atoms with Gasteiger partial charge in [-0.2, -0.15) is 0 Å². The van der Waals surface area contributed by atoms with E-state index in [2.05, 4.69) is 15.3 Å². The van der Waals surface area contributed by atoms with Crippen molar-refractivity contribution in [2.24, 2.45) is 0 Å². The fourth-order valence-electron chi connectivity index (χ4n) is 2.96. The van der Waals surface area contributed by atoms with Crippen molar-refractivity contribution in [3.63, 3.8) is 0 Å². The summed E-state index contributed by atoms with van der Waals surface area (Å²) in [4.78, 5) is 34.1. The molecule has 2 aromatic carbocycles. The lowest BCUT2D eigenvalue weighted by molar-refractivity contribution is -0.116.